The van der Waals surface area contributed by atoms with Crippen LogP contribution >= 0.6 is 11.6 Å². The number of carboxylic acid groups (broad SMARTS) is 1. The summed E-state index contributed by atoms with van der Waals surface area (Å²) in [5, 5.41) is 29.5. The number of allylic oxidation sites excluding steroid dienone is 2. The number of carbonyl (C=O) groups is 1. The predicted octanol–water partition coefficient (Wildman–Crippen LogP) is 7.45. The maximum atomic E-state index is 12.2. The van der Waals surface area contributed by atoms with Gasteiger partial charge < -0.3 is 29.3 Å². The monoisotopic (exact) mass is 768 g/mol. The van der Waals surface area contributed by atoms with Crippen molar-refractivity contribution in [3.63, 3.8) is 0 Å². The average Bonchev–Trinajstić information content (AvgIpc) is 3.20. The molecule has 55 heavy (non-hydrogen) atoms. The molecule has 0 radical (unpaired) electrons. The van der Waals surface area contributed by atoms with E-state index in [0.29, 0.717) is 54.1 Å². The van der Waals surface area contributed by atoms with Gasteiger partial charge >= 0.3 is 5.97 Å². The Kier molecular flexibility index (Phi) is 14.0. The minimum absolute atomic E-state index is 0.0620. The number of piperidine rings is 2. The average molecular weight is 769 g/mol. The largest absolute Gasteiger partial charge is 0.489 e. The maximum Gasteiger partial charge on any atom is 0.320 e. The molecule has 0 saturated carbocycles. The number of benzene rings is 2. The summed E-state index contributed by atoms with van der Waals surface area (Å²) in [6, 6.07) is 15.2. The number of aliphatic carboxylic acids is 1. The second-order valence-corrected chi connectivity index (χ2v) is 15.6. The van der Waals surface area contributed by atoms with Crippen LogP contribution in [0.4, 0.5) is 0 Å². The molecule has 6 rings (SSSR count). The van der Waals surface area contributed by atoms with Gasteiger partial charge in [-0.2, -0.15) is 5.26 Å². The third-order valence-electron chi connectivity index (χ3n) is 11.3. The Morgan fingerprint density at radius 3 is 2.75 bits per heavy atom. The molecule has 2 N–H and O–H groups in total. The molecule has 0 spiro atoms. The van der Waals surface area contributed by atoms with E-state index in [2.05, 4.69) is 66.2 Å². The fourth-order valence-electron chi connectivity index (χ4n) is 8.13. The summed E-state index contributed by atoms with van der Waals surface area (Å²) in [6.07, 6.45) is 14.9. The number of hydrogen-bond donors (Lipinski definition) is 2. The summed E-state index contributed by atoms with van der Waals surface area (Å²) in [7, 11) is 0. The Balaban J connectivity index is 1.25. The minimum atomic E-state index is -0.836. The van der Waals surface area contributed by atoms with Crippen molar-refractivity contribution in [2.75, 3.05) is 46.0 Å². The van der Waals surface area contributed by atoms with Gasteiger partial charge in [0, 0.05) is 68.4 Å². The normalized spacial score (nSPS) is 23.2. The molecule has 2 aromatic carbocycles. The third-order valence-corrected chi connectivity index (χ3v) is 11.6. The molecule has 0 bridgehead atoms. The predicted molar refractivity (Wildman–Crippen MR) is 213 cm³/mol. The highest BCUT2D eigenvalue weighted by atomic mass is 35.5. The second-order valence-electron chi connectivity index (χ2n) is 15.1. The molecule has 2 saturated heterocycles. The number of ether oxygens (including phenoxy) is 3. The Bertz CT molecular complexity index is 1890. The molecule has 11 heteroatoms. The van der Waals surface area contributed by atoms with E-state index in [1.54, 1.807) is 18.3 Å². The van der Waals surface area contributed by atoms with Crippen molar-refractivity contribution in [2.24, 2.45) is 11.8 Å². The van der Waals surface area contributed by atoms with Crippen LogP contribution in [0.1, 0.15) is 73.3 Å². The van der Waals surface area contributed by atoms with Gasteiger partial charge in [0.05, 0.1) is 10.6 Å². The quantitative estimate of drug-likeness (QED) is 0.142. The Morgan fingerprint density at radius 1 is 1.09 bits per heavy atom. The molecule has 3 unspecified atom stereocenters. The van der Waals surface area contributed by atoms with E-state index in [4.69, 9.17) is 25.8 Å². The van der Waals surface area contributed by atoms with Crippen molar-refractivity contribution in [2.45, 2.75) is 77.2 Å². The summed E-state index contributed by atoms with van der Waals surface area (Å²) in [6.45, 7) is 9.23. The number of aliphatic hydroxyl groups is 1. The molecule has 2 fully saturated rings. The van der Waals surface area contributed by atoms with Gasteiger partial charge in [0.15, 0.2) is 0 Å². The van der Waals surface area contributed by atoms with Gasteiger partial charge in [-0.1, -0.05) is 61.4 Å². The van der Waals surface area contributed by atoms with Crippen molar-refractivity contribution in [3.8, 4) is 17.6 Å². The van der Waals surface area contributed by atoms with Crippen LogP contribution in [0.5, 0.6) is 11.5 Å². The number of halogens is 1. The lowest BCUT2D eigenvalue weighted by atomic mass is 9.76. The van der Waals surface area contributed by atoms with E-state index < -0.39 is 17.6 Å². The van der Waals surface area contributed by atoms with E-state index >= 15 is 0 Å². The zero-order valence-electron chi connectivity index (χ0n) is 32.0. The number of nitrogens with zero attached hydrogens (tertiary/aromatic N) is 4. The van der Waals surface area contributed by atoms with Gasteiger partial charge in [0.2, 0.25) is 0 Å². The van der Waals surface area contributed by atoms with Gasteiger partial charge in [-0.25, -0.2) is 0 Å². The standard InChI is InChI=1S/C44H53ClN4O6/c1-31-10-3-4-12-37(31)38-13-7-15-44(32(38)2,55-19-9-17-48-16-8-11-33(26-48)28-50)30-54-42-22-41(53-29-35-20-34(23-46)24-47-25-35)36(21-39(42)45)27-49-18-6-5-14-40(49)43(51)52/h3-4,7,10,12-13,15,20-22,24-25,32-33,40,50H,5-6,8-9,11,14,16-19,26-30H2,1-2H3,(H,51,52)/t32?,33?,40-,44?/m0/s1. The number of aliphatic hydroxyl groups excluding tert-OH is 1. The molecule has 3 aromatic rings. The SMILES string of the molecule is Cc1ccccc1C1=CC=CC(COc2cc(OCc3cncc(C#N)c3)c(CN3CCCC[C@H]3C(=O)O)cc2Cl)(OCCCN2CCCC(CO)C2)C1C. The van der Waals surface area contributed by atoms with E-state index in [0.717, 1.165) is 62.9 Å². The van der Waals surface area contributed by atoms with Gasteiger partial charge in [0.25, 0.3) is 0 Å². The van der Waals surface area contributed by atoms with E-state index in [1.807, 2.05) is 17.0 Å². The first kappa shape index (κ1) is 40.4. The number of aryl methyl sites for hydroxylation is 1. The first-order valence-corrected chi connectivity index (χ1v) is 19.9. The summed E-state index contributed by atoms with van der Waals surface area (Å²) < 4.78 is 20.0. The molecular formula is C44H53ClN4O6. The smallest absolute Gasteiger partial charge is 0.320 e. The molecule has 10 nitrogen and oxygen atoms in total. The van der Waals surface area contributed by atoms with Crippen LogP contribution in [0.25, 0.3) is 5.57 Å². The van der Waals surface area contributed by atoms with Crippen LogP contribution in [-0.2, 0) is 22.7 Å². The van der Waals surface area contributed by atoms with Crippen LogP contribution in [0.15, 0.2) is 73.1 Å². The van der Waals surface area contributed by atoms with Crippen LogP contribution in [0.2, 0.25) is 5.02 Å². The Hall–Kier alpha value is -4.24. The van der Waals surface area contributed by atoms with Crippen molar-refractivity contribution in [3.05, 3.63) is 106 Å². The molecule has 4 atom stereocenters. The van der Waals surface area contributed by atoms with Crippen molar-refractivity contribution in [1.82, 2.24) is 14.8 Å². The fourth-order valence-corrected chi connectivity index (χ4v) is 8.37. The number of hydrogen-bond acceptors (Lipinski definition) is 9. The second kappa shape index (κ2) is 19.1. The van der Waals surface area contributed by atoms with E-state index in [1.165, 1.54) is 22.9 Å². The third kappa shape index (κ3) is 10.1. The lowest BCUT2D eigenvalue weighted by Gasteiger charge is -2.40. The van der Waals surface area contributed by atoms with Gasteiger partial charge in [-0.3, -0.25) is 14.7 Å². The molecule has 2 aliphatic heterocycles. The highest BCUT2D eigenvalue weighted by Crippen LogP contribution is 2.42. The van der Waals surface area contributed by atoms with Gasteiger partial charge in [-0.15, -0.1) is 0 Å². The van der Waals surface area contributed by atoms with Gasteiger partial charge in [-0.05, 0) is 92.9 Å². The van der Waals surface area contributed by atoms with Gasteiger partial charge in [0.1, 0.15) is 42.4 Å². The molecule has 0 amide bonds. The van der Waals surface area contributed by atoms with E-state index in [-0.39, 0.29) is 25.7 Å². The Morgan fingerprint density at radius 2 is 1.95 bits per heavy atom. The summed E-state index contributed by atoms with van der Waals surface area (Å²) in [4.78, 5) is 20.7. The van der Waals surface area contributed by atoms with Crippen LogP contribution < -0.4 is 9.47 Å². The number of rotatable bonds is 16. The minimum Gasteiger partial charge on any atom is -0.489 e. The van der Waals surface area contributed by atoms with Crippen LogP contribution in [-0.4, -0.2) is 88.6 Å². The fraction of sp³-hybridized carbons (Fsp3) is 0.477. The zero-order valence-corrected chi connectivity index (χ0v) is 32.7. The van der Waals surface area contributed by atoms with Crippen molar-refractivity contribution < 1.29 is 29.2 Å². The molecule has 1 aromatic heterocycles. The molecule has 3 aliphatic rings. The van der Waals surface area contributed by atoms with Crippen LogP contribution in [0, 0.1) is 30.1 Å². The molecular weight excluding hydrogens is 716 g/mol. The lowest BCUT2D eigenvalue weighted by Crippen LogP contribution is -2.46. The number of likely N-dealkylation sites (tertiary alicyclic amines) is 2. The first-order valence-electron chi connectivity index (χ1n) is 19.5. The number of pyridine rings is 1. The molecule has 3 heterocycles. The highest BCUT2D eigenvalue weighted by molar-refractivity contribution is 6.32. The Labute approximate surface area is 330 Å². The molecule has 1 aliphatic carbocycles. The van der Waals surface area contributed by atoms with Crippen LogP contribution in [0.3, 0.4) is 0 Å². The first-order chi connectivity index (χ1) is 26.7. The number of nitriles is 1. The highest BCUT2D eigenvalue weighted by Gasteiger charge is 2.40. The number of carboxylic acids is 1. The summed E-state index contributed by atoms with van der Waals surface area (Å²) >= 11 is 7.00. The van der Waals surface area contributed by atoms with E-state index in [9.17, 15) is 20.3 Å². The maximum absolute atomic E-state index is 12.2. The number of aromatic nitrogens is 1. The topological polar surface area (TPSA) is 128 Å². The summed E-state index contributed by atoms with van der Waals surface area (Å²) in [5.41, 5.74) is 4.62. The van der Waals surface area contributed by atoms with Crippen molar-refractivity contribution >= 4 is 23.1 Å². The van der Waals surface area contributed by atoms with Crippen molar-refractivity contribution in [1.29, 1.82) is 5.26 Å². The lowest BCUT2D eigenvalue weighted by molar-refractivity contribution is -0.144. The molecule has 292 valence electrons. The summed E-state index contributed by atoms with van der Waals surface area (Å²) in [5.74, 6) is 0.379. The zero-order chi connectivity index (χ0) is 38.8.